The Morgan fingerprint density at radius 3 is 2.76 bits per heavy atom. The van der Waals surface area contributed by atoms with E-state index in [2.05, 4.69) is 9.97 Å². The van der Waals surface area contributed by atoms with Crippen LogP contribution in [0.25, 0.3) is 10.9 Å². The fourth-order valence-corrected chi connectivity index (χ4v) is 2.14. The van der Waals surface area contributed by atoms with Crippen molar-refractivity contribution in [2.75, 3.05) is 13.1 Å². The summed E-state index contributed by atoms with van der Waals surface area (Å²) in [4.78, 5) is 22.4. The molecule has 0 N–H and O–H groups in total. The van der Waals surface area contributed by atoms with Crippen LogP contribution >= 0.6 is 0 Å². The van der Waals surface area contributed by atoms with Crippen molar-refractivity contribution in [1.82, 2.24) is 14.9 Å². The van der Waals surface area contributed by atoms with Gasteiger partial charge in [-0.05, 0) is 18.9 Å². The Morgan fingerprint density at radius 1 is 1.18 bits per heavy atom. The third kappa shape index (κ3) is 1.86. The van der Waals surface area contributed by atoms with Crippen LogP contribution in [0.4, 0.5) is 0 Å². The minimum absolute atomic E-state index is 0.0479. The second-order valence-corrected chi connectivity index (χ2v) is 4.25. The fourth-order valence-electron chi connectivity index (χ4n) is 2.14. The Hall–Kier alpha value is -1.97. The highest BCUT2D eigenvalue weighted by molar-refractivity contribution is 5.92. The summed E-state index contributed by atoms with van der Waals surface area (Å²) in [5.41, 5.74) is 0.824. The average Bonchev–Trinajstić information content (AvgIpc) is 2.91. The number of nitrogens with zero attached hydrogens (tertiary/aromatic N) is 3. The molecule has 0 radical (unpaired) electrons. The monoisotopic (exact) mass is 227 g/mol. The van der Waals surface area contributed by atoms with E-state index in [1.54, 1.807) is 6.20 Å². The Balaban J connectivity index is 1.97. The zero-order valence-electron chi connectivity index (χ0n) is 9.47. The van der Waals surface area contributed by atoms with Crippen molar-refractivity contribution in [3.63, 3.8) is 0 Å². The minimum Gasteiger partial charge on any atom is -0.336 e. The van der Waals surface area contributed by atoms with E-state index >= 15 is 0 Å². The normalized spacial score (nSPS) is 15.4. The van der Waals surface area contributed by atoms with E-state index in [1.807, 2.05) is 29.2 Å². The first-order chi connectivity index (χ1) is 8.34. The number of carbonyl (C=O) groups excluding carboxylic acids is 1. The van der Waals surface area contributed by atoms with E-state index in [9.17, 15) is 4.79 Å². The number of benzene rings is 1. The molecule has 17 heavy (non-hydrogen) atoms. The van der Waals surface area contributed by atoms with Gasteiger partial charge in [0.05, 0.1) is 5.52 Å². The zero-order valence-corrected chi connectivity index (χ0v) is 9.47. The number of rotatable bonds is 1. The number of likely N-dealkylation sites (tertiary alicyclic amines) is 1. The quantitative estimate of drug-likeness (QED) is 0.747. The van der Waals surface area contributed by atoms with Gasteiger partial charge in [-0.1, -0.05) is 18.2 Å². The first-order valence-electron chi connectivity index (χ1n) is 5.86. The standard InChI is InChI=1S/C13H13N3O/c17-13(16-7-3-4-8-16)12-14-9-10-5-1-2-6-11(10)15-12/h1-2,5-6,9H,3-4,7-8H2. The molecule has 3 rings (SSSR count). The van der Waals surface area contributed by atoms with Crippen LogP contribution in [0, 0.1) is 0 Å². The molecule has 0 atom stereocenters. The van der Waals surface area contributed by atoms with Crippen molar-refractivity contribution in [2.24, 2.45) is 0 Å². The summed E-state index contributed by atoms with van der Waals surface area (Å²) in [5, 5.41) is 0.963. The number of hydrogen-bond acceptors (Lipinski definition) is 3. The maximum atomic E-state index is 12.1. The molecule has 86 valence electrons. The Morgan fingerprint density at radius 2 is 1.94 bits per heavy atom. The van der Waals surface area contributed by atoms with Crippen LogP contribution in [-0.2, 0) is 0 Å². The smallest absolute Gasteiger partial charge is 0.291 e. The predicted molar refractivity (Wildman–Crippen MR) is 64.7 cm³/mol. The van der Waals surface area contributed by atoms with Gasteiger partial charge in [0.2, 0.25) is 5.82 Å². The van der Waals surface area contributed by atoms with Crippen LogP contribution in [0.3, 0.4) is 0 Å². The summed E-state index contributed by atoms with van der Waals surface area (Å²) in [7, 11) is 0. The minimum atomic E-state index is -0.0479. The van der Waals surface area contributed by atoms with Crippen molar-refractivity contribution in [1.29, 1.82) is 0 Å². The van der Waals surface area contributed by atoms with Crippen molar-refractivity contribution < 1.29 is 4.79 Å². The molecule has 1 fully saturated rings. The molecule has 1 amide bonds. The second kappa shape index (κ2) is 4.13. The van der Waals surface area contributed by atoms with Crippen molar-refractivity contribution in [3.8, 4) is 0 Å². The maximum absolute atomic E-state index is 12.1. The van der Waals surface area contributed by atoms with Gasteiger partial charge in [-0.2, -0.15) is 0 Å². The molecular formula is C13H13N3O. The molecule has 4 heteroatoms. The molecule has 1 aliphatic heterocycles. The molecule has 2 aromatic rings. The van der Waals surface area contributed by atoms with Crippen LogP contribution in [-0.4, -0.2) is 33.9 Å². The summed E-state index contributed by atoms with van der Waals surface area (Å²) >= 11 is 0. The molecule has 0 aliphatic carbocycles. The van der Waals surface area contributed by atoms with Gasteiger partial charge in [-0.15, -0.1) is 0 Å². The molecule has 1 aliphatic rings. The molecule has 0 bridgehead atoms. The van der Waals surface area contributed by atoms with E-state index < -0.39 is 0 Å². The second-order valence-electron chi connectivity index (χ2n) is 4.25. The van der Waals surface area contributed by atoms with Crippen LogP contribution in [0.1, 0.15) is 23.5 Å². The Labute approximate surface area is 99.3 Å². The summed E-state index contributed by atoms with van der Waals surface area (Å²) in [5.74, 6) is 0.263. The van der Waals surface area contributed by atoms with Crippen molar-refractivity contribution >= 4 is 16.8 Å². The average molecular weight is 227 g/mol. The van der Waals surface area contributed by atoms with Gasteiger partial charge in [-0.3, -0.25) is 4.79 Å². The number of amides is 1. The summed E-state index contributed by atoms with van der Waals surface area (Å²) in [6.07, 6.45) is 3.88. The molecule has 0 spiro atoms. The Bertz CT molecular complexity index is 561. The van der Waals surface area contributed by atoms with Gasteiger partial charge in [0.1, 0.15) is 0 Å². The van der Waals surface area contributed by atoms with Crippen LogP contribution < -0.4 is 0 Å². The third-order valence-electron chi connectivity index (χ3n) is 3.07. The first-order valence-corrected chi connectivity index (χ1v) is 5.86. The lowest BCUT2D eigenvalue weighted by Crippen LogP contribution is -2.29. The topological polar surface area (TPSA) is 46.1 Å². The lowest BCUT2D eigenvalue weighted by Gasteiger charge is -2.13. The lowest BCUT2D eigenvalue weighted by atomic mass is 10.2. The van der Waals surface area contributed by atoms with Gasteiger partial charge >= 0.3 is 0 Å². The highest BCUT2D eigenvalue weighted by Gasteiger charge is 2.21. The first kappa shape index (κ1) is 10.2. The van der Waals surface area contributed by atoms with Gasteiger partial charge in [0, 0.05) is 24.7 Å². The van der Waals surface area contributed by atoms with E-state index in [0.29, 0.717) is 5.82 Å². The molecule has 1 saturated heterocycles. The maximum Gasteiger partial charge on any atom is 0.291 e. The highest BCUT2D eigenvalue weighted by Crippen LogP contribution is 2.13. The molecule has 1 aromatic heterocycles. The lowest BCUT2D eigenvalue weighted by molar-refractivity contribution is 0.0781. The third-order valence-corrected chi connectivity index (χ3v) is 3.07. The molecule has 0 saturated carbocycles. The molecule has 0 unspecified atom stereocenters. The summed E-state index contributed by atoms with van der Waals surface area (Å²) in [6, 6.07) is 7.70. The van der Waals surface area contributed by atoms with E-state index in [-0.39, 0.29) is 5.91 Å². The molecule has 2 heterocycles. The summed E-state index contributed by atoms with van der Waals surface area (Å²) < 4.78 is 0. The zero-order chi connectivity index (χ0) is 11.7. The number of hydrogen-bond donors (Lipinski definition) is 0. The number of aromatic nitrogens is 2. The van der Waals surface area contributed by atoms with Gasteiger partial charge in [-0.25, -0.2) is 9.97 Å². The van der Waals surface area contributed by atoms with Crippen LogP contribution in [0.5, 0.6) is 0 Å². The summed E-state index contributed by atoms with van der Waals surface area (Å²) in [6.45, 7) is 1.66. The van der Waals surface area contributed by atoms with Crippen molar-refractivity contribution in [3.05, 3.63) is 36.3 Å². The predicted octanol–water partition coefficient (Wildman–Crippen LogP) is 1.87. The van der Waals surface area contributed by atoms with E-state index in [0.717, 1.165) is 36.8 Å². The molecule has 1 aromatic carbocycles. The van der Waals surface area contributed by atoms with E-state index in [1.165, 1.54) is 0 Å². The van der Waals surface area contributed by atoms with Crippen LogP contribution in [0.2, 0.25) is 0 Å². The number of carbonyl (C=O) groups is 1. The van der Waals surface area contributed by atoms with Crippen molar-refractivity contribution in [2.45, 2.75) is 12.8 Å². The Kier molecular flexibility index (Phi) is 2.48. The molecular weight excluding hydrogens is 214 g/mol. The highest BCUT2D eigenvalue weighted by atomic mass is 16.2. The molecule has 4 nitrogen and oxygen atoms in total. The van der Waals surface area contributed by atoms with Gasteiger partial charge in [0.25, 0.3) is 5.91 Å². The number of para-hydroxylation sites is 1. The van der Waals surface area contributed by atoms with Gasteiger partial charge in [0.15, 0.2) is 0 Å². The largest absolute Gasteiger partial charge is 0.336 e. The number of fused-ring (bicyclic) bond motifs is 1. The van der Waals surface area contributed by atoms with E-state index in [4.69, 9.17) is 0 Å². The van der Waals surface area contributed by atoms with Crippen LogP contribution in [0.15, 0.2) is 30.5 Å². The van der Waals surface area contributed by atoms with Gasteiger partial charge < -0.3 is 4.90 Å². The SMILES string of the molecule is O=C(c1ncc2ccccc2n1)N1CCCC1. The fraction of sp³-hybridized carbons (Fsp3) is 0.308.